The largest absolute Gasteiger partial charge is 0.298 e. The summed E-state index contributed by atoms with van der Waals surface area (Å²) < 4.78 is 25.3. The maximum atomic E-state index is 12.6. The van der Waals surface area contributed by atoms with Crippen molar-refractivity contribution in [3.63, 3.8) is 0 Å². The summed E-state index contributed by atoms with van der Waals surface area (Å²) in [5.74, 6) is -2.43. The summed E-state index contributed by atoms with van der Waals surface area (Å²) >= 11 is 0. The first-order valence-electron chi connectivity index (χ1n) is 7.89. The van der Waals surface area contributed by atoms with Gasteiger partial charge >= 0.3 is 0 Å². The minimum absolute atomic E-state index is 0.0390. The molecule has 0 amide bonds. The van der Waals surface area contributed by atoms with E-state index in [0.717, 1.165) is 19.5 Å². The van der Waals surface area contributed by atoms with Crippen LogP contribution in [0.3, 0.4) is 0 Å². The molecule has 0 saturated carbocycles. The van der Waals surface area contributed by atoms with Crippen molar-refractivity contribution in [1.29, 1.82) is 5.26 Å². The van der Waals surface area contributed by atoms with Crippen LogP contribution in [0.4, 0.5) is 8.78 Å². The van der Waals surface area contributed by atoms with Crippen LogP contribution in [0.5, 0.6) is 0 Å². The molecule has 3 nitrogen and oxygen atoms in total. The molecule has 0 aromatic carbocycles. The van der Waals surface area contributed by atoms with Crippen LogP contribution >= 0.6 is 0 Å². The van der Waals surface area contributed by atoms with Gasteiger partial charge < -0.3 is 0 Å². The van der Waals surface area contributed by atoms with Crippen molar-refractivity contribution < 1.29 is 8.78 Å². The lowest BCUT2D eigenvalue weighted by molar-refractivity contribution is 0.00827. The van der Waals surface area contributed by atoms with E-state index in [1.165, 1.54) is 0 Å². The van der Waals surface area contributed by atoms with Crippen LogP contribution in [-0.4, -0.2) is 54.0 Å². The van der Waals surface area contributed by atoms with Crippen LogP contribution in [0.25, 0.3) is 0 Å². The van der Waals surface area contributed by atoms with Crippen LogP contribution in [0.15, 0.2) is 0 Å². The van der Waals surface area contributed by atoms with Gasteiger partial charge in [0.15, 0.2) is 0 Å². The predicted molar refractivity (Wildman–Crippen MR) is 81.3 cm³/mol. The Hall–Kier alpha value is -0.730. The topological polar surface area (TPSA) is 30.3 Å². The molecular weight excluding hydrogens is 272 g/mol. The van der Waals surface area contributed by atoms with E-state index in [1.807, 2.05) is 25.7 Å². The third-order valence-electron chi connectivity index (χ3n) is 4.52. The van der Waals surface area contributed by atoms with Gasteiger partial charge in [-0.1, -0.05) is 6.92 Å². The Morgan fingerprint density at radius 2 is 1.71 bits per heavy atom. The second-order valence-corrected chi connectivity index (χ2v) is 7.00. The molecule has 1 unspecified atom stereocenters. The average molecular weight is 301 g/mol. The van der Waals surface area contributed by atoms with Gasteiger partial charge in [0.2, 0.25) is 0 Å². The number of nitrogens with zero attached hydrogens (tertiary/aromatic N) is 3. The summed E-state index contributed by atoms with van der Waals surface area (Å²) in [7, 11) is 0. The van der Waals surface area contributed by atoms with Gasteiger partial charge in [-0.25, -0.2) is 8.78 Å². The Bertz CT molecular complexity index is 370. The summed E-state index contributed by atoms with van der Waals surface area (Å²) in [6, 6.07) is 3.23. The molecule has 122 valence electrons. The molecular formula is C16H29F2N3. The lowest BCUT2D eigenvalue weighted by Crippen LogP contribution is -2.56. The molecule has 2 fully saturated rings. The molecule has 0 aromatic rings. The van der Waals surface area contributed by atoms with Gasteiger partial charge in [-0.05, 0) is 34.1 Å². The first kappa shape index (κ1) is 18.3. The van der Waals surface area contributed by atoms with Crippen LogP contribution in [0.1, 0.15) is 47.5 Å². The monoisotopic (exact) mass is 301 g/mol. The zero-order valence-electron chi connectivity index (χ0n) is 14.0. The molecule has 0 spiro atoms. The van der Waals surface area contributed by atoms with E-state index in [1.54, 1.807) is 0 Å². The Labute approximate surface area is 127 Å². The zero-order valence-corrected chi connectivity index (χ0v) is 14.0. The van der Waals surface area contributed by atoms with Crippen molar-refractivity contribution in [2.75, 3.05) is 26.2 Å². The lowest BCUT2D eigenvalue weighted by Gasteiger charge is -2.45. The number of rotatable bonds is 3. The molecule has 0 aromatic heterocycles. The highest BCUT2D eigenvalue weighted by Crippen LogP contribution is 2.30. The average Bonchev–Trinajstić information content (AvgIpc) is 2.75. The molecule has 5 heteroatoms. The molecule has 1 atom stereocenters. The quantitative estimate of drug-likeness (QED) is 0.800. The van der Waals surface area contributed by atoms with Gasteiger partial charge in [0.05, 0.1) is 18.0 Å². The van der Waals surface area contributed by atoms with E-state index >= 15 is 0 Å². The van der Waals surface area contributed by atoms with Gasteiger partial charge in [-0.15, -0.1) is 0 Å². The van der Waals surface area contributed by atoms with Crippen molar-refractivity contribution in [3.8, 4) is 6.07 Å². The van der Waals surface area contributed by atoms with Crippen LogP contribution in [0.2, 0.25) is 0 Å². The molecule has 0 bridgehead atoms. The highest BCUT2D eigenvalue weighted by atomic mass is 19.3. The minimum Gasteiger partial charge on any atom is -0.298 e. The van der Waals surface area contributed by atoms with Gasteiger partial charge in [0.1, 0.15) is 0 Å². The Balaban J connectivity index is 0.000000211. The van der Waals surface area contributed by atoms with Crippen molar-refractivity contribution in [2.24, 2.45) is 5.41 Å². The Kier molecular flexibility index (Phi) is 6.12. The van der Waals surface area contributed by atoms with Crippen LogP contribution in [0, 0.1) is 16.7 Å². The molecule has 2 aliphatic rings. The van der Waals surface area contributed by atoms with E-state index in [0.29, 0.717) is 18.6 Å². The summed E-state index contributed by atoms with van der Waals surface area (Å²) in [6.45, 7) is 12.8. The zero-order chi connectivity index (χ0) is 16.3. The van der Waals surface area contributed by atoms with E-state index in [-0.39, 0.29) is 18.4 Å². The first-order valence-corrected chi connectivity index (χ1v) is 7.89. The lowest BCUT2D eigenvalue weighted by atomic mass is 9.83. The number of halogens is 2. The second-order valence-electron chi connectivity index (χ2n) is 7.00. The molecule has 0 N–H and O–H groups in total. The maximum absolute atomic E-state index is 12.6. The fourth-order valence-electron chi connectivity index (χ4n) is 2.68. The summed E-state index contributed by atoms with van der Waals surface area (Å²) in [5.41, 5.74) is -0.0513. The number of alkyl halides is 2. The predicted octanol–water partition coefficient (Wildman–Crippen LogP) is 3.37. The number of hydrogen-bond acceptors (Lipinski definition) is 3. The van der Waals surface area contributed by atoms with E-state index < -0.39 is 5.92 Å². The molecule has 2 saturated heterocycles. The number of nitriles is 1. The molecule has 2 heterocycles. The molecule has 0 radical (unpaired) electrons. The van der Waals surface area contributed by atoms with Gasteiger partial charge in [-0.3, -0.25) is 9.80 Å². The molecule has 2 rings (SSSR count). The smallest absolute Gasteiger partial charge is 0.261 e. The number of likely N-dealkylation sites (tertiary alicyclic amines) is 2. The molecule has 0 aliphatic carbocycles. The van der Waals surface area contributed by atoms with E-state index in [9.17, 15) is 8.78 Å². The summed E-state index contributed by atoms with van der Waals surface area (Å²) in [6.07, 6.45) is 0.993. The normalized spacial score (nSPS) is 25.7. The summed E-state index contributed by atoms with van der Waals surface area (Å²) in [5, 5.41) is 8.67. The van der Waals surface area contributed by atoms with Gasteiger partial charge in [0, 0.05) is 38.1 Å². The molecule has 2 aliphatic heterocycles. The van der Waals surface area contributed by atoms with E-state index in [4.69, 9.17) is 5.26 Å². The highest BCUT2D eigenvalue weighted by molar-refractivity contribution is 5.07. The maximum Gasteiger partial charge on any atom is 0.261 e. The third kappa shape index (κ3) is 5.19. The van der Waals surface area contributed by atoms with Crippen molar-refractivity contribution >= 4 is 0 Å². The fraction of sp³-hybridized carbons (Fsp3) is 0.938. The highest BCUT2D eigenvalue weighted by Gasteiger charge is 2.40. The Morgan fingerprint density at radius 1 is 1.14 bits per heavy atom. The first-order chi connectivity index (χ1) is 9.62. The van der Waals surface area contributed by atoms with Crippen LogP contribution in [-0.2, 0) is 0 Å². The van der Waals surface area contributed by atoms with Crippen molar-refractivity contribution in [2.45, 2.75) is 65.5 Å². The standard InChI is InChI=1S/C8H15F2N.C8H14N2/c1-3-7(2)11-5-4-8(9,10)6-11;1-7(2)10-5-8(3,4-9)6-10/h7H,3-6H2,1-2H3;7H,5-6H2,1-3H3. The van der Waals surface area contributed by atoms with Crippen molar-refractivity contribution in [3.05, 3.63) is 0 Å². The molecule has 21 heavy (non-hydrogen) atoms. The third-order valence-corrected chi connectivity index (χ3v) is 4.52. The number of hydrogen-bond donors (Lipinski definition) is 0. The van der Waals surface area contributed by atoms with Gasteiger partial charge in [0.25, 0.3) is 5.92 Å². The minimum atomic E-state index is -2.43. The Morgan fingerprint density at radius 3 is 2.05 bits per heavy atom. The van der Waals surface area contributed by atoms with Crippen molar-refractivity contribution in [1.82, 2.24) is 9.80 Å². The second kappa shape index (κ2) is 7.02. The van der Waals surface area contributed by atoms with E-state index in [2.05, 4.69) is 24.8 Å². The fourth-order valence-corrected chi connectivity index (χ4v) is 2.68. The SMILES string of the molecule is CC(C)N1CC(C)(C#N)C1.CCC(C)N1CCC(F)(F)C1. The van der Waals surface area contributed by atoms with Crippen LogP contribution < -0.4 is 0 Å². The summed E-state index contributed by atoms with van der Waals surface area (Å²) in [4.78, 5) is 4.17. The van der Waals surface area contributed by atoms with Gasteiger partial charge in [-0.2, -0.15) is 5.26 Å².